The number of benzene rings is 2. The van der Waals surface area contributed by atoms with Gasteiger partial charge in [0.25, 0.3) is 5.91 Å². The van der Waals surface area contributed by atoms with Crippen molar-refractivity contribution in [3.8, 4) is 5.75 Å². The van der Waals surface area contributed by atoms with Gasteiger partial charge in [0, 0.05) is 11.8 Å². The summed E-state index contributed by atoms with van der Waals surface area (Å²) in [5.74, 6) is 0.289. The van der Waals surface area contributed by atoms with Crippen molar-refractivity contribution in [3.63, 3.8) is 0 Å². The van der Waals surface area contributed by atoms with Gasteiger partial charge in [-0.1, -0.05) is 24.3 Å². The van der Waals surface area contributed by atoms with Gasteiger partial charge in [-0.2, -0.15) is 0 Å². The molecule has 1 N–H and O–H groups in total. The Morgan fingerprint density at radius 1 is 1.15 bits per heavy atom. The van der Waals surface area contributed by atoms with E-state index in [9.17, 15) is 14.9 Å². The molecule has 138 valence electrons. The minimum Gasteiger partial charge on any atom is -0.479 e. The first-order chi connectivity index (χ1) is 12.9. The molecule has 7 heteroatoms. The molecule has 0 fully saturated rings. The Labute approximate surface area is 155 Å². The first-order valence-corrected chi connectivity index (χ1v) is 8.27. The van der Waals surface area contributed by atoms with Gasteiger partial charge in [0.2, 0.25) is 0 Å². The summed E-state index contributed by atoms with van der Waals surface area (Å²) < 4.78 is 11.0. The van der Waals surface area contributed by atoms with Crippen LogP contribution >= 0.6 is 0 Å². The van der Waals surface area contributed by atoms with Crippen molar-refractivity contribution in [2.45, 2.75) is 20.5 Å². The van der Waals surface area contributed by atoms with Gasteiger partial charge in [-0.15, -0.1) is 0 Å². The fourth-order valence-corrected chi connectivity index (χ4v) is 2.51. The third-order valence-electron chi connectivity index (χ3n) is 3.96. The van der Waals surface area contributed by atoms with Crippen LogP contribution in [0.15, 0.2) is 59.0 Å². The van der Waals surface area contributed by atoms with Gasteiger partial charge < -0.3 is 14.5 Å². The number of nitro groups is 1. The highest BCUT2D eigenvalue weighted by Gasteiger charge is 2.16. The number of hydrogen-bond acceptors (Lipinski definition) is 5. The van der Waals surface area contributed by atoms with Crippen molar-refractivity contribution in [3.05, 3.63) is 87.4 Å². The third-order valence-corrected chi connectivity index (χ3v) is 3.96. The fraction of sp³-hybridized carbons (Fsp3) is 0.150. The van der Waals surface area contributed by atoms with Crippen LogP contribution in [0.2, 0.25) is 0 Å². The van der Waals surface area contributed by atoms with E-state index < -0.39 is 4.92 Å². The number of para-hydroxylation sites is 2. The molecule has 7 nitrogen and oxygen atoms in total. The number of anilines is 1. The van der Waals surface area contributed by atoms with Gasteiger partial charge in [0.1, 0.15) is 12.4 Å². The highest BCUT2D eigenvalue weighted by atomic mass is 16.6. The maximum Gasteiger partial charge on any atom is 0.310 e. The molecule has 0 spiro atoms. The van der Waals surface area contributed by atoms with E-state index in [1.807, 2.05) is 32.0 Å². The summed E-state index contributed by atoms with van der Waals surface area (Å²) in [6.45, 7) is 3.82. The zero-order chi connectivity index (χ0) is 19.4. The Bertz CT molecular complexity index is 994. The highest BCUT2D eigenvalue weighted by Crippen LogP contribution is 2.27. The lowest BCUT2D eigenvalue weighted by Crippen LogP contribution is -2.12. The van der Waals surface area contributed by atoms with Crippen LogP contribution in [0.25, 0.3) is 0 Å². The van der Waals surface area contributed by atoms with Crippen molar-refractivity contribution in [1.29, 1.82) is 0 Å². The fourth-order valence-electron chi connectivity index (χ4n) is 2.51. The van der Waals surface area contributed by atoms with Gasteiger partial charge in [-0.25, -0.2) is 0 Å². The predicted octanol–water partition coefficient (Wildman–Crippen LogP) is 4.64. The number of ether oxygens (including phenoxy) is 1. The molecule has 0 saturated carbocycles. The summed E-state index contributed by atoms with van der Waals surface area (Å²) in [5, 5.41) is 13.8. The summed E-state index contributed by atoms with van der Waals surface area (Å²) in [6.07, 6.45) is 0. The second-order valence-corrected chi connectivity index (χ2v) is 6.05. The van der Waals surface area contributed by atoms with E-state index in [0.29, 0.717) is 11.4 Å². The zero-order valence-corrected chi connectivity index (χ0v) is 14.9. The monoisotopic (exact) mass is 366 g/mol. The summed E-state index contributed by atoms with van der Waals surface area (Å²) in [5.41, 5.74) is 2.57. The van der Waals surface area contributed by atoms with Crippen molar-refractivity contribution in [2.75, 3.05) is 5.32 Å². The summed E-state index contributed by atoms with van der Waals surface area (Å²) in [7, 11) is 0. The number of hydrogen-bond donors (Lipinski definition) is 1. The first-order valence-electron chi connectivity index (χ1n) is 8.27. The summed E-state index contributed by atoms with van der Waals surface area (Å²) in [4.78, 5) is 22.9. The van der Waals surface area contributed by atoms with E-state index in [1.54, 1.807) is 24.3 Å². The minimum atomic E-state index is -0.513. The smallest absolute Gasteiger partial charge is 0.310 e. The van der Waals surface area contributed by atoms with E-state index in [2.05, 4.69) is 5.32 Å². The quantitative estimate of drug-likeness (QED) is 0.507. The number of amides is 1. The molecule has 0 atom stereocenters. The van der Waals surface area contributed by atoms with Crippen LogP contribution in [-0.4, -0.2) is 10.8 Å². The number of nitro benzene ring substituents is 1. The van der Waals surface area contributed by atoms with Crippen LogP contribution in [0, 0.1) is 24.0 Å². The van der Waals surface area contributed by atoms with Crippen LogP contribution in [-0.2, 0) is 6.61 Å². The molecule has 1 heterocycles. The van der Waals surface area contributed by atoms with Crippen LogP contribution in [0.3, 0.4) is 0 Å². The van der Waals surface area contributed by atoms with Gasteiger partial charge >= 0.3 is 5.69 Å². The van der Waals surface area contributed by atoms with E-state index in [-0.39, 0.29) is 29.7 Å². The van der Waals surface area contributed by atoms with Crippen LogP contribution in [0.5, 0.6) is 5.75 Å². The number of aryl methyl sites for hydroxylation is 2. The second-order valence-electron chi connectivity index (χ2n) is 6.05. The van der Waals surface area contributed by atoms with Gasteiger partial charge in [0.15, 0.2) is 11.5 Å². The van der Waals surface area contributed by atoms with Gasteiger partial charge in [-0.05, 0) is 49.2 Å². The van der Waals surface area contributed by atoms with Crippen LogP contribution in [0.1, 0.15) is 27.4 Å². The van der Waals surface area contributed by atoms with Gasteiger partial charge in [0.05, 0.1) is 4.92 Å². The molecule has 3 rings (SSSR count). The lowest BCUT2D eigenvalue weighted by molar-refractivity contribution is -0.386. The van der Waals surface area contributed by atoms with Crippen molar-refractivity contribution < 1.29 is 18.9 Å². The molecule has 0 radical (unpaired) electrons. The lowest BCUT2D eigenvalue weighted by atomic mass is 10.1. The standard InChI is InChI=1S/C20H18N2O5/c1-13-7-8-14(2)16(11-13)21-20(23)19-10-9-15(27-19)12-26-18-6-4-3-5-17(18)22(24)25/h3-11H,12H2,1-2H3,(H,21,23). The molecule has 0 aliphatic rings. The van der Waals surface area contributed by atoms with Crippen LogP contribution < -0.4 is 10.1 Å². The molecule has 3 aromatic rings. The van der Waals surface area contributed by atoms with Crippen molar-refractivity contribution in [1.82, 2.24) is 0 Å². The molecular formula is C20H18N2O5. The molecule has 27 heavy (non-hydrogen) atoms. The number of rotatable bonds is 6. The number of carbonyl (C=O) groups is 1. The number of carbonyl (C=O) groups excluding carboxylic acids is 1. The Morgan fingerprint density at radius 3 is 2.70 bits per heavy atom. The van der Waals surface area contributed by atoms with E-state index in [1.165, 1.54) is 12.1 Å². The molecule has 2 aromatic carbocycles. The lowest BCUT2D eigenvalue weighted by Gasteiger charge is -2.08. The Hall–Kier alpha value is -3.61. The minimum absolute atomic E-state index is 0.0262. The highest BCUT2D eigenvalue weighted by molar-refractivity contribution is 6.02. The molecule has 0 bridgehead atoms. The van der Waals surface area contributed by atoms with E-state index >= 15 is 0 Å². The summed E-state index contributed by atoms with van der Waals surface area (Å²) >= 11 is 0. The number of furan rings is 1. The predicted molar refractivity (Wildman–Crippen MR) is 100 cm³/mol. The Morgan fingerprint density at radius 2 is 1.93 bits per heavy atom. The van der Waals surface area contributed by atoms with Gasteiger partial charge in [-0.3, -0.25) is 14.9 Å². The summed E-state index contributed by atoms with van der Waals surface area (Å²) in [6, 6.07) is 15.0. The normalized spacial score (nSPS) is 10.4. The molecule has 0 unspecified atom stereocenters. The Balaban J connectivity index is 1.67. The molecule has 0 aliphatic heterocycles. The molecule has 0 aliphatic carbocycles. The Kier molecular flexibility index (Phi) is 5.21. The topological polar surface area (TPSA) is 94.6 Å². The molecule has 0 saturated heterocycles. The zero-order valence-electron chi connectivity index (χ0n) is 14.9. The second kappa shape index (κ2) is 7.74. The third kappa shape index (κ3) is 4.33. The average molecular weight is 366 g/mol. The van der Waals surface area contributed by atoms with E-state index in [0.717, 1.165) is 11.1 Å². The maximum absolute atomic E-state index is 12.4. The average Bonchev–Trinajstić information content (AvgIpc) is 3.12. The molecular weight excluding hydrogens is 348 g/mol. The van der Waals surface area contributed by atoms with E-state index in [4.69, 9.17) is 9.15 Å². The van der Waals surface area contributed by atoms with Crippen molar-refractivity contribution >= 4 is 17.3 Å². The molecule has 1 amide bonds. The maximum atomic E-state index is 12.4. The van der Waals surface area contributed by atoms with Crippen LogP contribution in [0.4, 0.5) is 11.4 Å². The SMILES string of the molecule is Cc1ccc(C)c(NC(=O)c2ccc(COc3ccccc3[N+](=O)[O-])o2)c1. The number of nitrogens with one attached hydrogen (secondary N) is 1. The number of nitrogens with zero attached hydrogens (tertiary/aromatic N) is 1. The molecule has 1 aromatic heterocycles. The first kappa shape index (κ1) is 18.2. The largest absolute Gasteiger partial charge is 0.479 e. The van der Waals surface area contributed by atoms with Crippen molar-refractivity contribution in [2.24, 2.45) is 0 Å².